The van der Waals surface area contributed by atoms with Crippen molar-refractivity contribution in [2.24, 2.45) is 39.4 Å². The van der Waals surface area contributed by atoms with Crippen molar-refractivity contribution in [3.8, 4) is 0 Å². The summed E-state index contributed by atoms with van der Waals surface area (Å²) in [7, 11) is 0. The minimum absolute atomic E-state index is 0.0264. The first-order valence-corrected chi connectivity index (χ1v) is 14.8. The molecule has 220 valence electrons. The van der Waals surface area contributed by atoms with Crippen LogP contribution in [0, 0.1) is 39.4 Å². The number of esters is 1. The van der Waals surface area contributed by atoms with E-state index in [0.29, 0.717) is 30.6 Å². The molecule has 0 aromatic rings. The van der Waals surface area contributed by atoms with Crippen molar-refractivity contribution in [3.05, 3.63) is 11.1 Å². The average molecular weight is 547 g/mol. The minimum atomic E-state index is -1.46. The van der Waals surface area contributed by atoms with Crippen LogP contribution in [-0.2, 0) is 19.1 Å². The molecule has 3 fully saturated rings. The third-order valence-electron chi connectivity index (χ3n) is 11.9. The molecule has 0 aliphatic heterocycles. The SMILES string of the molecule is CC(=O)O[C@H]([C@@H](O)C[C@@H](C)C1=C2C[C@H](O)[C@H]3[C@@]4(C)CCC(=O)C(C)(C)[C@@H]4CC[C@]3(C)[C@@]2(C)CC1=O)C(C)(C)O. The first kappa shape index (κ1) is 30.4. The lowest BCUT2D eigenvalue weighted by molar-refractivity contribution is -0.208. The number of hydrogen-bond acceptors (Lipinski definition) is 7. The number of ketones is 2. The molecule has 39 heavy (non-hydrogen) atoms. The number of carbonyl (C=O) groups excluding carboxylic acids is 3. The third kappa shape index (κ3) is 4.46. The molecule has 0 bridgehead atoms. The number of rotatable bonds is 6. The number of aliphatic hydroxyl groups excluding tert-OH is 2. The van der Waals surface area contributed by atoms with Crippen molar-refractivity contribution in [1.82, 2.24) is 0 Å². The summed E-state index contributed by atoms with van der Waals surface area (Å²) in [5.41, 5.74) is -1.14. The summed E-state index contributed by atoms with van der Waals surface area (Å²) >= 11 is 0. The van der Waals surface area contributed by atoms with Crippen LogP contribution in [0.1, 0.15) is 107 Å². The Bertz CT molecular complexity index is 1080. The predicted molar refractivity (Wildman–Crippen MR) is 147 cm³/mol. The number of Topliss-reactive ketones (excluding diaryl/α,β-unsaturated/α-hetero) is 2. The average Bonchev–Trinajstić information content (AvgIpc) is 3.04. The Kier molecular flexibility index (Phi) is 7.39. The summed E-state index contributed by atoms with van der Waals surface area (Å²) in [6.07, 6.45) is 1.05. The molecular formula is C32H50O7. The molecular weight excluding hydrogens is 496 g/mol. The van der Waals surface area contributed by atoms with E-state index in [2.05, 4.69) is 34.6 Å². The summed E-state index contributed by atoms with van der Waals surface area (Å²) in [5.74, 6) is -0.392. The van der Waals surface area contributed by atoms with Crippen molar-refractivity contribution < 1.29 is 34.4 Å². The third-order valence-corrected chi connectivity index (χ3v) is 11.9. The standard InChI is InChI=1S/C32H50O7/c1-17(14-21(35)27(29(5,6)38)39-18(2)33)25-19-15-20(34)26-30(7)12-11-24(37)28(3,4)23(30)10-13-31(26,8)32(19,9)16-22(25)36/h17,20-21,23,26-27,34-35,38H,10-16H2,1-9H3/t17-,20+,21+,23+,26+,27-,30+,31+,32+/m1/s1. The lowest BCUT2D eigenvalue weighted by Crippen LogP contribution is -2.65. The van der Waals surface area contributed by atoms with E-state index >= 15 is 0 Å². The van der Waals surface area contributed by atoms with E-state index in [1.807, 2.05) is 6.92 Å². The molecule has 0 aromatic carbocycles. The molecule has 4 rings (SSSR count). The van der Waals surface area contributed by atoms with Crippen LogP contribution in [0.5, 0.6) is 0 Å². The lowest BCUT2D eigenvalue weighted by atomic mass is 9.36. The zero-order valence-electron chi connectivity index (χ0n) is 25.4. The summed E-state index contributed by atoms with van der Waals surface area (Å²) in [5, 5.41) is 33.5. The van der Waals surface area contributed by atoms with Gasteiger partial charge in [0.05, 0.1) is 17.8 Å². The zero-order valence-corrected chi connectivity index (χ0v) is 25.4. The normalized spacial score (nSPS) is 40.4. The highest BCUT2D eigenvalue weighted by atomic mass is 16.6. The second-order valence-corrected chi connectivity index (χ2v) is 15.1. The van der Waals surface area contributed by atoms with Gasteiger partial charge in [-0.3, -0.25) is 14.4 Å². The molecule has 9 atom stereocenters. The van der Waals surface area contributed by atoms with Crippen molar-refractivity contribution >= 4 is 17.5 Å². The van der Waals surface area contributed by atoms with Crippen LogP contribution in [0.3, 0.4) is 0 Å². The van der Waals surface area contributed by atoms with Gasteiger partial charge in [0.2, 0.25) is 0 Å². The number of allylic oxidation sites excluding steroid dienone is 1. The first-order valence-electron chi connectivity index (χ1n) is 14.8. The van der Waals surface area contributed by atoms with Crippen LogP contribution in [0.4, 0.5) is 0 Å². The molecule has 0 saturated heterocycles. The van der Waals surface area contributed by atoms with Crippen LogP contribution >= 0.6 is 0 Å². The number of aliphatic hydroxyl groups is 3. The fraction of sp³-hybridized carbons (Fsp3) is 0.844. The van der Waals surface area contributed by atoms with E-state index in [9.17, 15) is 29.7 Å². The number of hydrogen-bond donors (Lipinski definition) is 3. The van der Waals surface area contributed by atoms with Gasteiger partial charge in [-0.1, -0.05) is 47.1 Å². The lowest BCUT2D eigenvalue weighted by Gasteiger charge is -2.68. The predicted octanol–water partition coefficient (Wildman–Crippen LogP) is 4.54. The van der Waals surface area contributed by atoms with Gasteiger partial charge in [0, 0.05) is 30.6 Å². The highest BCUT2D eigenvalue weighted by Gasteiger charge is 2.70. The zero-order chi connectivity index (χ0) is 29.5. The molecule has 3 N–H and O–H groups in total. The number of carbonyl (C=O) groups is 3. The van der Waals surface area contributed by atoms with Gasteiger partial charge >= 0.3 is 5.97 Å². The molecule has 7 nitrogen and oxygen atoms in total. The van der Waals surface area contributed by atoms with Gasteiger partial charge in [-0.15, -0.1) is 0 Å². The second kappa shape index (κ2) is 9.49. The monoisotopic (exact) mass is 546 g/mol. The van der Waals surface area contributed by atoms with Crippen molar-refractivity contribution in [3.63, 3.8) is 0 Å². The van der Waals surface area contributed by atoms with Gasteiger partial charge in [-0.25, -0.2) is 0 Å². The highest BCUT2D eigenvalue weighted by molar-refractivity contribution is 6.00. The fourth-order valence-electron chi connectivity index (χ4n) is 10.0. The summed E-state index contributed by atoms with van der Waals surface area (Å²) in [6.45, 7) is 17.0. The summed E-state index contributed by atoms with van der Waals surface area (Å²) in [4.78, 5) is 38.3. The Labute approximate surface area is 233 Å². The van der Waals surface area contributed by atoms with E-state index in [1.54, 1.807) is 0 Å². The Balaban J connectivity index is 1.70. The number of ether oxygens (including phenoxy) is 1. The summed E-state index contributed by atoms with van der Waals surface area (Å²) in [6, 6.07) is 0. The van der Waals surface area contributed by atoms with E-state index in [4.69, 9.17) is 4.74 Å². The first-order chi connectivity index (χ1) is 17.7. The quantitative estimate of drug-likeness (QED) is 0.418. The van der Waals surface area contributed by atoms with E-state index in [1.165, 1.54) is 20.8 Å². The van der Waals surface area contributed by atoms with Gasteiger partial charge in [0.15, 0.2) is 11.9 Å². The molecule has 0 heterocycles. The van der Waals surface area contributed by atoms with E-state index in [0.717, 1.165) is 24.8 Å². The maximum Gasteiger partial charge on any atom is 0.303 e. The molecule has 4 aliphatic carbocycles. The Morgan fingerprint density at radius 2 is 1.74 bits per heavy atom. The molecule has 0 radical (unpaired) electrons. The van der Waals surface area contributed by atoms with Crippen LogP contribution < -0.4 is 0 Å². The van der Waals surface area contributed by atoms with E-state index < -0.39 is 40.7 Å². The van der Waals surface area contributed by atoms with Gasteiger partial charge in [-0.2, -0.15) is 0 Å². The van der Waals surface area contributed by atoms with E-state index in [-0.39, 0.29) is 40.8 Å². The maximum atomic E-state index is 13.7. The highest BCUT2D eigenvalue weighted by Crippen LogP contribution is 2.73. The largest absolute Gasteiger partial charge is 0.457 e. The van der Waals surface area contributed by atoms with Gasteiger partial charge < -0.3 is 20.1 Å². The molecule has 0 unspecified atom stereocenters. The second-order valence-electron chi connectivity index (χ2n) is 15.1. The molecule has 0 aromatic heterocycles. The van der Waals surface area contributed by atoms with Gasteiger partial charge in [-0.05, 0) is 80.1 Å². The number of fused-ring (bicyclic) bond motifs is 5. The van der Waals surface area contributed by atoms with Crippen LogP contribution in [0.2, 0.25) is 0 Å². The molecule has 0 amide bonds. The Hall–Kier alpha value is -1.57. The Morgan fingerprint density at radius 3 is 2.31 bits per heavy atom. The maximum absolute atomic E-state index is 13.7. The topological polar surface area (TPSA) is 121 Å². The fourth-order valence-corrected chi connectivity index (χ4v) is 10.0. The van der Waals surface area contributed by atoms with Gasteiger partial charge in [0.1, 0.15) is 5.78 Å². The van der Waals surface area contributed by atoms with Crippen molar-refractivity contribution in [2.45, 2.75) is 131 Å². The van der Waals surface area contributed by atoms with Crippen LogP contribution in [0.15, 0.2) is 11.1 Å². The van der Waals surface area contributed by atoms with Crippen LogP contribution in [0.25, 0.3) is 0 Å². The summed E-state index contributed by atoms with van der Waals surface area (Å²) < 4.78 is 5.28. The minimum Gasteiger partial charge on any atom is -0.457 e. The molecule has 3 saturated carbocycles. The van der Waals surface area contributed by atoms with Crippen LogP contribution in [-0.4, -0.2) is 56.8 Å². The molecule has 7 heteroatoms. The van der Waals surface area contributed by atoms with Gasteiger partial charge in [0.25, 0.3) is 0 Å². The van der Waals surface area contributed by atoms with Crippen molar-refractivity contribution in [1.29, 1.82) is 0 Å². The van der Waals surface area contributed by atoms with Crippen molar-refractivity contribution in [2.75, 3.05) is 0 Å². The molecule has 4 aliphatic rings. The Morgan fingerprint density at radius 1 is 1.13 bits per heavy atom. The smallest absolute Gasteiger partial charge is 0.303 e. The molecule has 0 spiro atoms.